The molecule has 0 amide bonds. The fraction of sp³-hybridized carbons (Fsp3) is 0.765. The summed E-state index contributed by atoms with van der Waals surface area (Å²) >= 11 is 0. The number of esters is 2. The van der Waals surface area contributed by atoms with Crippen LogP contribution in [-0.2, 0) is 28.2 Å². The second kappa shape index (κ2) is 46.3. The molecule has 0 aliphatic heterocycles. The minimum Gasteiger partial charge on any atom is -0.462 e. The van der Waals surface area contributed by atoms with Gasteiger partial charge in [-0.2, -0.15) is 0 Å². The molecule has 0 spiro atoms. The van der Waals surface area contributed by atoms with Crippen molar-refractivity contribution in [2.45, 2.75) is 238 Å². The van der Waals surface area contributed by atoms with E-state index in [2.05, 4.69) is 79.1 Å². The predicted molar refractivity (Wildman–Crippen MR) is 253 cm³/mol. The van der Waals surface area contributed by atoms with Crippen LogP contribution in [0.1, 0.15) is 232 Å². The quantitative estimate of drug-likeness (QED) is 0.0269. The summed E-state index contributed by atoms with van der Waals surface area (Å²) in [6, 6.07) is 0. The molecular formula is C51H91O8P. The Kier molecular flexibility index (Phi) is 44.5. The van der Waals surface area contributed by atoms with E-state index >= 15 is 0 Å². The van der Waals surface area contributed by atoms with Crippen molar-refractivity contribution >= 4 is 19.8 Å². The molecule has 0 heterocycles. The van der Waals surface area contributed by atoms with Gasteiger partial charge in [-0.1, -0.05) is 203 Å². The molecule has 0 saturated heterocycles. The van der Waals surface area contributed by atoms with Gasteiger partial charge >= 0.3 is 19.8 Å². The maximum Gasteiger partial charge on any atom is 0.469 e. The molecule has 0 fully saturated rings. The Morgan fingerprint density at radius 1 is 0.433 bits per heavy atom. The standard InChI is InChI=1S/C51H91O8P/c1-3-5-7-9-11-13-15-17-19-21-23-24-25-26-28-30-32-34-36-38-40-42-44-46-51(53)59-49(48-58-60(54,55)56)47-57-50(52)45-43-41-39-37-35-33-31-29-27-22-20-18-16-14-12-10-8-6-4-2/h12,14,18,20,27,29,33,35,38,40,49H,3-11,13,15-17,19,21-26,28,30-32,34,36-37,39,41-48H2,1-2H3,(H2,54,55,56)/b14-12+,20-18+,29-27+,35-33+,40-38+/t49-/m1/s1. The van der Waals surface area contributed by atoms with Crippen LogP contribution in [0.5, 0.6) is 0 Å². The second-order valence-electron chi connectivity index (χ2n) is 16.4. The molecule has 0 aromatic heterocycles. The van der Waals surface area contributed by atoms with Gasteiger partial charge in [0.2, 0.25) is 0 Å². The molecule has 0 saturated carbocycles. The molecule has 0 bridgehead atoms. The van der Waals surface area contributed by atoms with Gasteiger partial charge in [-0.3, -0.25) is 14.1 Å². The summed E-state index contributed by atoms with van der Waals surface area (Å²) in [5.74, 6) is -0.955. The summed E-state index contributed by atoms with van der Waals surface area (Å²) in [5.41, 5.74) is 0. The minimum absolute atomic E-state index is 0.156. The molecule has 0 aliphatic carbocycles. The number of ether oxygens (including phenoxy) is 2. The third-order valence-electron chi connectivity index (χ3n) is 10.5. The van der Waals surface area contributed by atoms with Crippen molar-refractivity contribution in [3.63, 3.8) is 0 Å². The van der Waals surface area contributed by atoms with Crippen LogP contribution in [0.3, 0.4) is 0 Å². The van der Waals surface area contributed by atoms with Gasteiger partial charge in [0.05, 0.1) is 6.61 Å². The lowest BCUT2D eigenvalue weighted by Crippen LogP contribution is -2.29. The summed E-state index contributed by atoms with van der Waals surface area (Å²) in [7, 11) is -4.78. The van der Waals surface area contributed by atoms with Crippen LogP contribution in [0, 0.1) is 0 Å². The highest BCUT2D eigenvalue weighted by atomic mass is 31.2. The Balaban J connectivity index is 3.92. The SMILES string of the molecule is CCCCC/C=C/C/C=C/C/C=C/C/C=C/CCCCCC(=O)OC[C@H](COP(=O)(O)O)OC(=O)CCC/C=C/CCCCCCCCCCCCCCCCCCCC. The van der Waals surface area contributed by atoms with Crippen molar-refractivity contribution in [3.8, 4) is 0 Å². The second-order valence-corrected chi connectivity index (χ2v) is 17.7. The molecule has 0 aromatic carbocycles. The average Bonchev–Trinajstić information content (AvgIpc) is 3.22. The third kappa shape index (κ3) is 48.4. The van der Waals surface area contributed by atoms with E-state index in [4.69, 9.17) is 19.3 Å². The zero-order valence-electron chi connectivity index (χ0n) is 38.6. The Morgan fingerprint density at radius 2 is 0.767 bits per heavy atom. The lowest BCUT2D eigenvalue weighted by molar-refractivity contribution is -0.161. The number of hydrogen-bond donors (Lipinski definition) is 2. The van der Waals surface area contributed by atoms with Gasteiger partial charge in [0.15, 0.2) is 6.10 Å². The Morgan fingerprint density at radius 3 is 1.22 bits per heavy atom. The topological polar surface area (TPSA) is 119 Å². The van der Waals surface area contributed by atoms with E-state index in [9.17, 15) is 14.2 Å². The first-order valence-corrected chi connectivity index (χ1v) is 26.1. The van der Waals surface area contributed by atoms with Crippen LogP contribution in [0.25, 0.3) is 0 Å². The Labute approximate surface area is 368 Å². The van der Waals surface area contributed by atoms with Gasteiger partial charge < -0.3 is 19.3 Å². The molecule has 1 atom stereocenters. The lowest BCUT2D eigenvalue weighted by Gasteiger charge is -2.18. The van der Waals surface area contributed by atoms with Crippen molar-refractivity contribution in [2.24, 2.45) is 0 Å². The molecular weight excluding hydrogens is 772 g/mol. The van der Waals surface area contributed by atoms with Crippen molar-refractivity contribution in [2.75, 3.05) is 13.2 Å². The lowest BCUT2D eigenvalue weighted by atomic mass is 10.0. The first-order valence-electron chi connectivity index (χ1n) is 24.6. The highest BCUT2D eigenvalue weighted by Crippen LogP contribution is 2.36. The van der Waals surface area contributed by atoms with Crippen LogP contribution in [0.2, 0.25) is 0 Å². The monoisotopic (exact) mass is 863 g/mol. The molecule has 0 rings (SSSR count). The molecule has 348 valence electrons. The zero-order chi connectivity index (χ0) is 43.9. The maximum atomic E-state index is 12.4. The normalized spacial score (nSPS) is 12.9. The van der Waals surface area contributed by atoms with E-state index in [1.165, 1.54) is 141 Å². The fourth-order valence-corrected chi connectivity index (χ4v) is 7.19. The molecule has 9 heteroatoms. The molecule has 0 aromatic rings. The summed E-state index contributed by atoms with van der Waals surface area (Å²) in [6.07, 6.45) is 59.6. The first-order chi connectivity index (χ1) is 29.3. The summed E-state index contributed by atoms with van der Waals surface area (Å²) in [4.78, 5) is 43.0. The van der Waals surface area contributed by atoms with Gasteiger partial charge in [-0.15, -0.1) is 0 Å². The highest BCUT2D eigenvalue weighted by Gasteiger charge is 2.22. The third-order valence-corrected chi connectivity index (χ3v) is 11.0. The van der Waals surface area contributed by atoms with Crippen molar-refractivity contribution in [1.29, 1.82) is 0 Å². The number of phosphoric acid groups is 1. The number of carbonyl (C=O) groups excluding carboxylic acids is 2. The van der Waals surface area contributed by atoms with Crippen molar-refractivity contribution in [3.05, 3.63) is 60.8 Å². The molecule has 0 radical (unpaired) electrons. The molecule has 8 nitrogen and oxygen atoms in total. The van der Waals surface area contributed by atoms with Crippen LogP contribution < -0.4 is 0 Å². The van der Waals surface area contributed by atoms with E-state index in [0.717, 1.165) is 51.4 Å². The maximum absolute atomic E-state index is 12.4. The minimum atomic E-state index is -4.78. The largest absolute Gasteiger partial charge is 0.469 e. The van der Waals surface area contributed by atoms with Crippen LogP contribution in [0.15, 0.2) is 60.8 Å². The van der Waals surface area contributed by atoms with Crippen LogP contribution in [-0.4, -0.2) is 41.0 Å². The molecule has 0 aliphatic rings. The summed E-state index contributed by atoms with van der Waals surface area (Å²) < 4.78 is 26.4. The van der Waals surface area contributed by atoms with Gasteiger partial charge in [0.25, 0.3) is 0 Å². The van der Waals surface area contributed by atoms with Gasteiger partial charge in [-0.25, -0.2) is 4.57 Å². The smallest absolute Gasteiger partial charge is 0.462 e. The Hall–Kier alpha value is -2.25. The number of phosphoric ester groups is 1. The molecule has 2 N–H and O–H groups in total. The van der Waals surface area contributed by atoms with Crippen molar-refractivity contribution < 1.29 is 37.9 Å². The molecule has 60 heavy (non-hydrogen) atoms. The van der Waals surface area contributed by atoms with Crippen LogP contribution >= 0.6 is 7.82 Å². The highest BCUT2D eigenvalue weighted by molar-refractivity contribution is 7.46. The number of rotatable bonds is 45. The van der Waals surface area contributed by atoms with Gasteiger partial charge in [0, 0.05) is 12.8 Å². The first kappa shape index (κ1) is 57.8. The predicted octanol–water partition coefficient (Wildman–Crippen LogP) is 15.6. The van der Waals surface area contributed by atoms with E-state index < -0.39 is 32.5 Å². The molecule has 0 unspecified atom stereocenters. The van der Waals surface area contributed by atoms with E-state index in [0.29, 0.717) is 12.8 Å². The number of allylic oxidation sites excluding steroid dienone is 10. The fourth-order valence-electron chi connectivity index (χ4n) is 6.83. The summed E-state index contributed by atoms with van der Waals surface area (Å²) in [5, 5.41) is 0. The van der Waals surface area contributed by atoms with E-state index in [1.54, 1.807) is 0 Å². The zero-order valence-corrected chi connectivity index (χ0v) is 39.5. The Bertz CT molecular complexity index is 1150. The van der Waals surface area contributed by atoms with Gasteiger partial charge in [0.1, 0.15) is 6.61 Å². The number of unbranched alkanes of at least 4 members (excludes halogenated alkanes) is 25. The average molecular weight is 863 g/mol. The number of carbonyl (C=O) groups is 2. The van der Waals surface area contributed by atoms with E-state index in [1.807, 2.05) is 0 Å². The van der Waals surface area contributed by atoms with Crippen molar-refractivity contribution in [1.82, 2.24) is 0 Å². The number of hydrogen-bond acceptors (Lipinski definition) is 6. The van der Waals surface area contributed by atoms with E-state index in [-0.39, 0.29) is 19.4 Å². The summed E-state index contributed by atoms with van der Waals surface area (Å²) in [6.45, 7) is 3.64. The van der Waals surface area contributed by atoms with Crippen LogP contribution in [0.4, 0.5) is 0 Å². The van der Waals surface area contributed by atoms with Gasteiger partial charge in [-0.05, 0) is 77.0 Å².